The van der Waals surface area contributed by atoms with Gasteiger partial charge < -0.3 is 15.5 Å². The van der Waals surface area contributed by atoms with E-state index >= 15 is 0 Å². The summed E-state index contributed by atoms with van der Waals surface area (Å²) in [7, 11) is 0. The van der Waals surface area contributed by atoms with Crippen molar-refractivity contribution in [2.24, 2.45) is 0 Å². The van der Waals surface area contributed by atoms with Crippen molar-refractivity contribution >= 4 is 5.97 Å². The van der Waals surface area contributed by atoms with Crippen molar-refractivity contribution in [2.75, 3.05) is 13.2 Å². The molecule has 0 rings (SSSR count). The molecule has 1 atom stereocenters. The zero-order valence-electron chi connectivity index (χ0n) is 9.05. The highest BCUT2D eigenvalue weighted by Gasteiger charge is 2.19. The van der Waals surface area contributed by atoms with Crippen LogP contribution in [0.15, 0.2) is 0 Å². The van der Waals surface area contributed by atoms with E-state index in [0.717, 1.165) is 6.42 Å². The number of aliphatic hydroxyl groups is 1. The molecule has 14 heavy (non-hydrogen) atoms. The van der Waals surface area contributed by atoms with Crippen LogP contribution < -0.4 is 5.32 Å². The fourth-order valence-electron chi connectivity index (χ4n) is 1.27. The third-order valence-electron chi connectivity index (χ3n) is 2.56. The Bertz CT molecular complexity index is 173. The Labute approximate surface area is 85.3 Å². The topological polar surface area (TPSA) is 69.6 Å². The zero-order valence-corrected chi connectivity index (χ0v) is 9.05. The van der Waals surface area contributed by atoms with Gasteiger partial charge in [0.15, 0.2) is 0 Å². The Morgan fingerprint density at radius 3 is 2.57 bits per heavy atom. The molecule has 4 heteroatoms. The van der Waals surface area contributed by atoms with Gasteiger partial charge in [-0.3, -0.25) is 4.79 Å². The Morgan fingerprint density at radius 1 is 1.50 bits per heavy atom. The van der Waals surface area contributed by atoms with Crippen LogP contribution in [0.25, 0.3) is 0 Å². The summed E-state index contributed by atoms with van der Waals surface area (Å²) < 4.78 is 0. The molecule has 0 bridgehead atoms. The summed E-state index contributed by atoms with van der Waals surface area (Å²) in [6.45, 7) is 4.96. The summed E-state index contributed by atoms with van der Waals surface area (Å²) in [5.41, 5.74) is -0.0622. The predicted octanol–water partition coefficient (Wildman–Crippen LogP) is 0.992. The SMILES string of the molecule is CCC(C)(CCO)NCCCC(=O)O. The first kappa shape index (κ1) is 13.4. The van der Waals surface area contributed by atoms with Crippen LogP contribution in [0.2, 0.25) is 0 Å². The van der Waals surface area contributed by atoms with Crippen LogP contribution in [-0.4, -0.2) is 34.9 Å². The molecule has 84 valence electrons. The lowest BCUT2D eigenvalue weighted by Crippen LogP contribution is -2.43. The number of hydrogen-bond acceptors (Lipinski definition) is 3. The van der Waals surface area contributed by atoms with E-state index in [1.165, 1.54) is 0 Å². The highest BCUT2D eigenvalue weighted by molar-refractivity contribution is 5.66. The van der Waals surface area contributed by atoms with E-state index in [1.54, 1.807) is 0 Å². The molecule has 4 nitrogen and oxygen atoms in total. The number of rotatable bonds is 8. The first-order valence-corrected chi connectivity index (χ1v) is 5.12. The van der Waals surface area contributed by atoms with Crippen molar-refractivity contribution in [2.45, 2.75) is 45.1 Å². The van der Waals surface area contributed by atoms with Gasteiger partial charge in [0.1, 0.15) is 0 Å². The van der Waals surface area contributed by atoms with Crippen molar-refractivity contribution in [1.29, 1.82) is 0 Å². The van der Waals surface area contributed by atoms with E-state index < -0.39 is 5.97 Å². The maximum absolute atomic E-state index is 10.3. The van der Waals surface area contributed by atoms with Crippen LogP contribution >= 0.6 is 0 Å². The summed E-state index contributed by atoms with van der Waals surface area (Å²) in [6, 6.07) is 0. The molecule has 0 amide bonds. The molecule has 0 aliphatic carbocycles. The molecule has 0 heterocycles. The molecule has 0 aliphatic heterocycles. The molecule has 3 N–H and O–H groups in total. The van der Waals surface area contributed by atoms with Crippen molar-refractivity contribution < 1.29 is 15.0 Å². The lowest BCUT2D eigenvalue weighted by Gasteiger charge is -2.29. The second-order valence-corrected chi connectivity index (χ2v) is 3.81. The van der Waals surface area contributed by atoms with Crippen LogP contribution in [0, 0.1) is 0 Å². The van der Waals surface area contributed by atoms with Crippen molar-refractivity contribution in [1.82, 2.24) is 5.32 Å². The minimum Gasteiger partial charge on any atom is -0.481 e. The third kappa shape index (κ3) is 5.94. The standard InChI is InChI=1S/C10H21NO3/c1-3-10(2,6-8-12)11-7-4-5-9(13)14/h11-12H,3-8H2,1-2H3,(H,13,14). The van der Waals surface area contributed by atoms with Crippen molar-refractivity contribution in [3.63, 3.8) is 0 Å². The van der Waals surface area contributed by atoms with Gasteiger partial charge in [0, 0.05) is 18.6 Å². The molecule has 0 saturated heterocycles. The van der Waals surface area contributed by atoms with Crippen molar-refractivity contribution in [3.05, 3.63) is 0 Å². The van der Waals surface area contributed by atoms with Crippen LogP contribution in [0.1, 0.15) is 39.5 Å². The molecule has 0 spiro atoms. The number of carboxylic acid groups (broad SMARTS) is 1. The van der Waals surface area contributed by atoms with Gasteiger partial charge in [0.05, 0.1) is 0 Å². The average molecular weight is 203 g/mol. The van der Waals surface area contributed by atoms with E-state index in [9.17, 15) is 4.79 Å². The summed E-state index contributed by atoms with van der Waals surface area (Å²) >= 11 is 0. The molecular weight excluding hydrogens is 182 g/mol. The van der Waals surface area contributed by atoms with Crippen LogP contribution in [0.4, 0.5) is 0 Å². The fourth-order valence-corrected chi connectivity index (χ4v) is 1.27. The molecule has 0 aromatic heterocycles. The minimum atomic E-state index is -0.757. The number of carbonyl (C=O) groups is 1. The van der Waals surface area contributed by atoms with E-state index in [0.29, 0.717) is 19.4 Å². The van der Waals surface area contributed by atoms with E-state index in [-0.39, 0.29) is 18.6 Å². The number of hydrogen-bond donors (Lipinski definition) is 3. The maximum Gasteiger partial charge on any atom is 0.303 e. The third-order valence-corrected chi connectivity index (χ3v) is 2.56. The maximum atomic E-state index is 10.3. The second kappa shape index (κ2) is 6.79. The quantitative estimate of drug-likeness (QED) is 0.515. The Balaban J connectivity index is 3.66. The van der Waals surface area contributed by atoms with Gasteiger partial charge in [-0.1, -0.05) is 6.92 Å². The largest absolute Gasteiger partial charge is 0.481 e. The van der Waals surface area contributed by atoms with Gasteiger partial charge in [-0.25, -0.2) is 0 Å². The predicted molar refractivity (Wildman–Crippen MR) is 55.3 cm³/mol. The molecule has 0 fully saturated rings. The molecule has 0 aromatic carbocycles. The number of aliphatic carboxylic acids is 1. The fraction of sp³-hybridized carbons (Fsp3) is 0.900. The van der Waals surface area contributed by atoms with Crippen LogP contribution in [-0.2, 0) is 4.79 Å². The number of nitrogens with one attached hydrogen (secondary N) is 1. The van der Waals surface area contributed by atoms with Gasteiger partial charge in [-0.2, -0.15) is 0 Å². The average Bonchev–Trinajstić information content (AvgIpc) is 2.13. The normalized spacial score (nSPS) is 15.1. The van der Waals surface area contributed by atoms with Gasteiger partial charge in [-0.05, 0) is 32.7 Å². The summed E-state index contributed by atoms with van der Waals surface area (Å²) in [4.78, 5) is 10.3. The van der Waals surface area contributed by atoms with Crippen LogP contribution in [0.5, 0.6) is 0 Å². The summed E-state index contributed by atoms with van der Waals surface area (Å²) in [6.07, 6.45) is 2.47. The number of aliphatic hydroxyl groups excluding tert-OH is 1. The molecule has 0 aromatic rings. The monoisotopic (exact) mass is 203 g/mol. The van der Waals surface area contributed by atoms with Gasteiger partial charge in [-0.15, -0.1) is 0 Å². The highest BCUT2D eigenvalue weighted by atomic mass is 16.4. The van der Waals surface area contributed by atoms with E-state index in [4.69, 9.17) is 10.2 Å². The molecular formula is C10H21NO3. The molecule has 0 saturated carbocycles. The van der Waals surface area contributed by atoms with Gasteiger partial charge in [0.25, 0.3) is 0 Å². The lowest BCUT2D eigenvalue weighted by atomic mass is 9.95. The lowest BCUT2D eigenvalue weighted by molar-refractivity contribution is -0.137. The first-order chi connectivity index (χ1) is 6.54. The molecule has 0 radical (unpaired) electrons. The first-order valence-electron chi connectivity index (χ1n) is 5.12. The molecule has 0 aliphatic rings. The van der Waals surface area contributed by atoms with E-state index in [2.05, 4.69) is 12.2 Å². The summed E-state index contributed by atoms with van der Waals surface area (Å²) in [5.74, 6) is -0.757. The zero-order chi connectivity index (χ0) is 11.0. The summed E-state index contributed by atoms with van der Waals surface area (Å²) in [5, 5.41) is 20.6. The Morgan fingerprint density at radius 2 is 2.14 bits per heavy atom. The Hall–Kier alpha value is -0.610. The van der Waals surface area contributed by atoms with E-state index in [1.807, 2.05) is 6.92 Å². The highest BCUT2D eigenvalue weighted by Crippen LogP contribution is 2.13. The number of carboxylic acids is 1. The van der Waals surface area contributed by atoms with Gasteiger partial charge >= 0.3 is 5.97 Å². The van der Waals surface area contributed by atoms with Crippen molar-refractivity contribution in [3.8, 4) is 0 Å². The van der Waals surface area contributed by atoms with Gasteiger partial charge in [0.2, 0.25) is 0 Å². The van der Waals surface area contributed by atoms with Crippen LogP contribution in [0.3, 0.4) is 0 Å². The second-order valence-electron chi connectivity index (χ2n) is 3.81. The smallest absolute Gasteiger partial charge is 0.303 e. The molecule has 1 unspecified atom stereocenters. The minimum absolute atomic E-state index is 0.0622. The Kier molecular flexibility index (Phi) is 6.49.